The highest BCUT2D eigenvalue weighted by Crippen LogP contribution is 2.38. The van der Waals surface area contributed by atoms with Crippen LogP contribution in [0.5, 0.6) is 5.75 Å². The van der Waals surface area contributed by atoms with E-state index in [1.165, 1.54) is 0 Å². The van der Waals surface area contributed by atoms with Crippen LogP contribution in [0.15, 0.2) is 24.3 Å². The van der Waals surface area contributed by atoms with Gasteiger partial charge in [0, 0.05) is 25.2 Å². The summed E-state index contributed by atoms with van der Waals surface area (Å²) in [6.07, 6.45) is 0. The van der Waals surface area contributed by atoms with Gasteiger partial charge in [0.1, 0.15) is 5.75 Å². The number of rotatable bonds is 4. The maximum Gasteiger partial charge on any atom is 0.172 e. The smallest absolute Gasteiger partial charge is 0.172 e. The Labute approximate surface area is 125 Å². The molecule has 1 aromatic carbocycles. The Hall–Kier alpha value is -1.43. The molecule has 4 aliphatic heterocycles. The predicted molar refractivity (Wildman–Crippen MR) is 79.1 cm³/mol. The summed E-state index contributed by atoms with van der Waals surface area (Å²) in [6, 6.07) is 7.62. The average molecular weight is 287 g/mol. The molecule has 0 spiro atoms. The molecule has 0 atom stereocenters. The molecule has 0 unspecified atom stereocenters. The molecule has 4 saturated heterocycles. The molecular weight excluding hydrogens is 266 g/mol. The third kappa shape index (κ3) is 2.16. The van der Waals surface area contributed by atoms with Gasteiger partial charge in [0.05, 0.1) is 32.0 Å². The van der Waals surface area contributed by atoms with E-state index < -0.39 is 0 Å². The normalized spacial score (nSPS) is 36.7. The van der Waals surface area contributed by atoms with E-state index in [2.05, 4.69) is 14.7 Å². The minimum atomic E-state index is -0.248. The fraction of sp³-hybridized carbons (Fsp3) is 0.562. The van der Waals surface area contributed by atoms with Gasteiger partial charge in [-0.1, -0.05) is 0 Å². The molecule has 5 nitrogen and oxygen atoms in total. The lowest BCUT2D eigenvalue weighted by Gasteiger charge is -2.59. The van der Waals surface area contributed by atoms with Crippen LogP contribution in [-0.2, 0) is 0 Å². The van der Waals surface area contributed by atoms with Gasteiger partial charge in [-0.3, -0.25) is 19.5 Å². The second-order valence-electron chi connectivity index (χ2n) is 6.48. The monoisotopic (exact) mass is 287 g/mol. The molecule has 0 saturated carbocycles. The van der Waals surface area contributed by atoms with Crippen molar-refractivity contribution in [3.8, 4) is 5.75 Å². The molecule has 4 heterocycles. The van der Waals surface area contributed by atoms with Crippen LogP contribution in [0, 0.1) is 5.41 Å². The summed E-state index contributed by atoms with van der Waals surface area (Å²) >= 11 is 0. The van der Waals surface area contributed by atoms with Gasteiger partial charge >= 0.3 is 0 Å². The largest absolute Gasteiger partial charge is 0.494 e. The molecule has 4 bridgehead atoms. The van der Waals surface area contributed by atoms with Crippen molar-refractivity contribution >= 4 is 5.78 Å². The lowest BCUT2D eigenvalue weighted by atomic mass is 9.75. The Morgan fingerprint density at radius 1 is 1.05 bits per heavy atom. The zero-order valence-corrected chi connectivity index (χ0v) is 12.4. The van der Waals surface area contributed by atoms with E-state index in [1.54, 1.807) is 0 Å². The molecule has 21 heavy (non-hydrogen) atoms. The predicted octanol–water partition coefficient (Wildman–Crippen LogP) is 1.07. The Kier molecular flexibility index (Phi) is 3.03. The molecule has 0 aromatic heterocycles. The molecule has 0 N–H and O–H groups in total. The van der Waals surface area contributed by atoms with Crippen LogP contribution in [0.2, 0.25) is 0 Å². The van der Waals surface area contributed by atoms with Gasteiger partial charge in [0.2, 0.25) is 0 Å². The second-order valence-corrected chi connectivity index (χ2v) is 6.48. The first-order valence-electron chi connectivity index (χ1n) is 7.63. The van der Waals surface area contributed by atoms with Crippen molar-refractivity contribution < 1.29 is 9.53 Å². The first-order chi connectivity index (χ1) is 10.2. The van der Waals surface area contributed by atoms with Crippen LogP contribution in [0.1, 0.15) is 17.3 Å². The second kappa shape index (κ2) is 4.80. The van der Waals surface area contributed by atoms with Crippen molar-refractivity contribution in [1.82, 2.24) is 14.7 Å². The van der Waals surface area contributed by atoms with E-state index in [0.29, 0.717) is 6.61 Å². The van der Waals surface area contributed by atoms with Crippen molar-refractivity contribution in [3.63, 3.8) is 0 Å². The number of carbonyl (C=O) groups is 1. The number of nitrogens with zero attached hydrogens (tertiary/aromatic N) is 3. The van der Waals surface area contributed by atoms with Crippen molar-refractivity contribution in [3.05, 3.63) is 29.8 Å². The molecular formula is C16H21N3O2. The van der Waals surface area contributed by atoms with Gasteiger partial charge in [0.25, 0.3) is 0 Å². The molecule has 0 aliphatic carbocycles. The Balaban J connectivity index is 1.59. The third-order valence-corrected chi connectivity index (χ3v) is 4.69. The van der Waals surface area contributed by atoms with Gasteiger partial charge in [-0.2, -0.15) is 0 Å². The first-order valence-corrected chi connectivity index (χ1v) is 7.63. The Bertz CT molecular complexity index is 520. The number of Topliss-reactive ketones (excluding diaryl/α,β-unsaturated/α-hetero) is 1. The zero-order valence-electron chi connectivity index (χ0n) is 12.4. The van der Waals surface area contributed by atoms with Gasteiger partial charge in [-0.15, -0.1) is 0 Å². The highest BCUT2D eigenvalue weighted by molar-refractivity contribution is 6.01. The maximum absolute atomic E-state index is 13.0. The highest BCUT2D eigenvalue weighted by atomic mass is 16.5. The summed E-state index contributed by atoms with van der Waals surface area (Å²) in [5.41, 5.74) is 0.561. The molecule has 1 aromatic rings. The standard InChI is InChI=1S/C16H21N3O2/c1-2-21-14-5-3-13(4-6-14)15(20)16-7-17-10-18(8-16)12-19(9-16)11-17/h3-6H,2,7-12H2,1H3. The van der Waals surface area contributed by atoms with Gasteiger partial charge in [-0.25, -0.2) is 0 Å². The SMILES string of the molecule is CCOc1ccc(C(=O)C23CN4CN(CN(C4)C2)C3)cc1. The summed E-state index contributed by atoms with van der Waals surface area (Å²) in [5.74, 6) is 1.11. The van der Waals surface area contributed by atoms with Crippen molar-refractivity contribution in [2.45, 2.75) is 6.92 Å². The number of benzene rings is 1. The molecule has 112 valence electrons. The van der Waals surface area contributed by atoms with E-state index in [9.17, 15) is 4.79 Å². The molecule has 5 heteroatoms. The van der Waals surface area contributed by atoms with E-state index in [4.69, 9.17) is 4.74 Å². The number of ketones is 1. The minimum absolute atomic E-state index is 0.248. The molecule has 0 radical (unpaired) electrons. The zero-order chi connectivity index (χ0) is 14.4. The van der Waals surface area contributed by atoms with Crippen LogP contribution in [-0.4, -0.2) is 66.7 Å². The summed E-state index contributed by atoms with van der Waals surface area (Å²) < 4.78 is 5.45. The van der Waals surface area contributed by atoms with E-state index >= 15 is 0 Å². The maximum atomic E-state index is 13.0. The van der Waals surface area contributed by atoms with Crippen molar-refractivity contribution in [2.75, 3.05) is 46.2 Å². The van der Waals surface area contributed by atoms with E-state index in [-0.39, 0.29) is 11.2 Å². The molecule has 0 amide bonds. The first kappa shape index (κ1) is 13.2. The summed E-state index contributed by atoms with van der Waals surface area (Å²) in [7, 11) is 0. The fourth-order valence-electron chi connectivity index (χ4n) is 4.11. The topological polar surface area (TPSA) is 36.0 Å². The summed E-state index contributed by atoms with van der Waals surface area (Å²) in [5, 5.41) is 0. The summed E-state index contributed by atoms with van der Waals surface area (Å²) in [6.45, 7) is 8.32. The number of hydrogen-bond acceptors (Lipinski definition) is 5. The van der Waals surface area contributed by atoms with Gasteiger partial charge < -0.3 is 4.74 Å². The molecule has 4 aliphatic rings. The van der Waals surface area contributed by atoms with E-state index in [0.717, 1.165) is 51.0 Å². The quantitative estimate of drug-likeness (QED) is 0.774. The highest BCUT2D eigenvalue weighted by Gasteiger charge is 2.52. The van der Waals surface area contributed by atoms with Crippen LogP contribution in [0.4, 0.5) is 0 Å². The minimum Gasteiger partial charge on any atom is -0.494 e. The Morgan fingerprint density at radius 3 is 2.05 bits per heavy atom. The molecule has 4 fully saturated rings. The molecule has 5 rings (SSSR count). The van der Waals surface area contributed by atoms with Crippen molar-refractivity contribution in [2.24, 2.45) is 5.41 Å². The fourth-order valence-corrected chi connectivity index (χ4v) is 4.11. The number of hydrogen-bond donors (Lipinski definition) is 0. The van der Waals surface area contributed by atoms with Crippen LogP contribution in [0.25, 0.3) is 0 Å². The van der Waals surface area contributed by atoms with Crippen LogP contribution >= 0.6 is 0 Å². The van der Waals surface area contributed by atoms with E-state index in [1.807, 2.05) is 31.2 Å². The van der Waals surface area contributed by atoms with Crippen LogP contribution < -0.4 is 4.74 Å². The van der Waals surface area contributed by atoms with Gasteiger partial charge in [0.15, 0.2) is 5.78 Å². The van der Waals surface area contributed by atoms with Crippen LogP contribution in [0.3, 0.4) is 0 Å². The van der Waals surface area contributed by atoms with Crippen molar-refractivity contribution in [1.29, 1.82) is 0 Å². The summed E-state index contributed by atoms with van der Waals surface area (Å²) in [4.78, 5) is 20.2. The lowest BCUT2D eigenvalue weighted by Crippen LogP contribution is -2.74. The third-order valence-electron chi connectivity index (χ3n) is 4.69. The van der Waals surface area contributed by atoms with Gasteiger partial charge in [-0.05, 0) is 31.2 Å². The Morgan fingerprint density at radius 2 is 1.57 bits per heavy atom. The average Bonchev–Trinajstić information content (AvgIpc) is 2.46. The lowest BCUT2D eigenvalue weighted by molar-refractivity contribution is -0.155. The number of ether oxygens (including phenoxy) is 1. The number of carbonyl (C=O) groups excluding carboxylic acids is 1.